The quantitative estimate of drug-likeness (QED) is 0.814. The maximum atomic E-state index is 12.3. The van der Waals surface area contributed by atoms with Crippen LogP contribution in [0, 0.1) is 5.92 Å². The van der Waals surface area contributed by atoms with Gasteiger partial charge in [-0.25, -0.2) is 0 Å². The molecule has 2 aliphatic rings. The zero-order valence-electron chi connectivity index (χ0n) is 13.2. The number of amides is 1. The molecule has 0 aromatic heterocycles. The highest BCUT2D eigenvalue weighted by molar-refractivity contribution is 5.82. The molecule has 5 heteroatoms. The van der Waals surface area contributed by atoms with E-state index < -0.39 is 11.5 Å². The lowest BCUT2D eigenvalue weighted by Gasteiger charge is -2.35. The van der Waals surface area contributed by atoms with Gasteiger partial charge >= 0.3 is 5.97 Å². The summed E-state index contributed by atoms with van der Waals surface area (Å²) in [6.45, 7) is 5.00. The number of aliphatic carboxylic acids is 1. The van der Waals surface area contributed by atoms with Crippen molar-refractivity contribution in [1.29, 1.82) is 0 Å². The molecule has 1 heterocycles. The van der Waals surface area contributed by atoms with Crippen molar-refractivity contribution in [3.05, 3.63) is 0 Å². The molecule has 0 bridgehead atoms. The van der Waals surface area contributed by atoms with Gasteiger partial charge in [0.05, 0.1) is 6.54 Å². The molecule has 1 amide bonds. The number of carboxylic acids is 1. The van der Waals surface area contributed by atoms with Crippen LogP contribution in [-0.2, 0) is 9.59 Å². The van der Waals surface area contributed by atoms with E-state index in [0.717, 1.165) is 12.8 Å². The minimum atomic E-state index is -0.838. The third-order valence-corrected chi connectivity index (χ3v) is 5.40. The molecule has 1 saturated heterocycles. The van der Waals surface area contributed by atoms with Gasteiger partial charge in [0, 0.05) is 6.04 Å². The van der Waals surface area contributed by atoms with E-state index in [-0.39, 0.29) is 18.5 Å². The lowest BCUT2D eigenvalue weighted by atomic mass is 9.86. The summed E-state index contributed by atoms with van der Waals surface area (Å²) in [6.07, 6.45) is 6.69. The summed E-state index contributed by atoms with van der Waals surface area (Å²) in [7, 11) is 0. The number of hydrogen-bond donors (Lipinski definition) is 2. The molecule has 1 aliphatic carbocycles. The monoisotopic (exact) mass is 296 g/mol. The summed E-state index contributed by atoms with van der Waals surface area (Å²) in [6, 6.07) is 0.259. The van der Waals surface area contributed by atoms with Crippen LogP contribution in [-0.4, -0.2) is 46.6 Å². The Labute approximate surface area is 127 Å². The maximum Gasteiger partial charge on any atom is 0.324 e. The Hall–Kier alpha value is -1.10. The van der Waals surface area contributed by atoms with E-state index in [1.54, 1.807) is 0 Å². The van der Waals surface area contributed by atoms with Crippen molar-refractivity contribution in [2.24, 2.45) is 5.92 Å². The highest BCUT2D eigenvalue weighted by Gasteiger charge is 2.46. The summed E-state index contributed by atoms with van der Waals surface area (Å²) < 4.78 is 0. The zero-order valence-corrected chi connectivity index (χ0v) is 13.2. The molecule has 2 rings (SSSR count). The first-order valence-corrected chi connectivity index (χ1v) is 8.27. The number of nitrogens with one attached hydrogen (secondary N) is 1. The van der Waals surface area contributed by atoms with Gasteiger partial charge in [0.2, 0.25) is 5.91 Å². The van der Waals surface area contributed by atoms with Gasteiger partial charge in [0.15, 0.2) is 0 Å². The van der Waals surface area contributed by atoms with E-state index in [4.69, 9.17) is 0 Å². The lowest BCUT2D eigenvalue weighted by Crippen LogP contribution is -2.54. The molecular weight excluding hydrogens is 268 g/mol. The Morgan fingerprint density at radius 3 is 2.62 bits per heavy atom. The molecule has 2 fully saturated rings. The largest absolute Gasteiger partial charge is 0.480 e. The van der Waals surface area contributed by atoms with Crippen LogP contribution in [0.3, 0.4) is 0 Å². The molecule has 0 spiro atoms. The molecule has 0 aromatic carbocycles. The fourth-order valence-corrected chi connectivity index (χ4v) is 3.92. The van der Waals surface area contributed by atoms with Crippen LogP contribution in [0.25, 0.3) is 0 Å². The second-order valence-electron chi connectivity index (χ2n) is 6.65. The van der Waals surface area contributed by atoms with Crippen molar-refractivity contribution in [3.8, 4) is 0 Å². The van der Waals surface area contributed by atoms with Gasteiger partial charge in [-0.1, -0.05) is 26.7 Å². The first-order valence-electron chi connectivity index (χ1n) is 8.27. The van der Waals surface area contributed by atoms with Gasteiger partial charge in [-0.2, -0.15) is 0 Å². The second kappa shape index (κ2) is 6.77. The van der Waals surface area contributed by atoms with Gasteiger partial charge in [-0.3, -0.25) is 14.5 Å². The topological polar surface area (TPSA) is 69.6 Å². The molecule has 120 valence electrons. The van der Waals surface area contributed by atoms with Crippen molar-refractivity contribution in [3.63, 3.8) is 0 Å². The number of hydrogen-bond acceptors (Lipinski definition) is 3. The van der Waals surface area contributed by atoms with Crippen molar-refractivity contribution in [1.82, 2.24) is 10.2 Å². The van der Waals surface area contributed by atoms with E-state index >= 15 is 0 Å². The smallest absolute Gasteiger partial charge is 0.324 e. The molecule has 3 atom stereocenters. The number of rotatable bonds is 5. The van der Waals surface area contributed by atoms with Gasteiger partial charge in [-0.05, 0) is 44.6 Å². The van der Waals surface area contributed by atoms with E-state index in [9.17, 15) is 14.7 Å². The van der Waals surface area contributed by atoms with Crippen LogP contribution in [0.1, 0.15) is 58.8 Å². The summed E-state index contributed by atoms with van der Waals surface area (Å²) in [5.41, 5.74) is -0.838. The fraction of sp³-hybridized carbons (Fsp3) is 0.875. The number of likely N-dealkylation sites (tertiary alicyclic amines) is 1. The zero-order chi connectivity index (χ0) is 15.5. The van der Waals surface area contributed by atoms with Crippen LogP contribution in [0.15, 0.2) is 0 Å². The minimum Gasteiger partial charge on any atom is -0.480 e. The minimum absolute atomic E-state index is 0.0188. The standard InChI is InChI=1S/C16H28N2O3/c1-3-16(15(20)21)9-6-10-18(16)11-14(19)17-13-8-5-4-7-12(13)2/h12-13H,3-11H2,1-2H3,(H,17,19)(H,20,21). The van der Waals surface area contributed by atoms with Crippen LogP contribution in [0.4, 0.5) is 0 Å². The van der Waals surface area contributed by atoms with Crippen molar-refractivity contribution < 1.29 is 14.7 Å². The van der Waals surface area contributed by atoms with Crippen molar-refractivity contribution in [2.75, 3.05) is 13.1 Å². The van der Waals surface area contributed by atoms with E-state index in [0.29, 0.717) is 25.3 Å². The normalized spacial score (nSPS) is 33.8. The van der Waals surface area contributed by atoms with Crippen molar-refractivity contribution in [2.45, 2.75) is 70.4 Å². The Balaban J connectivity index is 1.94. The van der Waals surface area contributed by atoms with Gasteiger partial charge in [0.25, 0.3) is 0 Å². The van der Waals surface area contributed by atoms with Gasteiger partial charge in [0.1, 0.15) is 5.54 Å². The van der Waals surface area contributed by atoms with Crippen LogP contribution in [0.5, 0.6) is 0 Å². The lowest BCUT2D eigenvalue weighted by molar-refractivity contribution is -0.150. The van der Waals surface area contributed by atoms with E-state index in [1.807, 2.05) is 11.8 Å². The number of carbonyl (C=O) groups excluding carboxylic acids is 1. The van der Waals surface area contributed by atoms with Crippen LogP contribution >= 0.6 is 0 Å². The van der Waals surface area contributed by atoms with E-state index in [2.05, 4.69) is 12.2 Å². The molecule has 0 radical (unpaired) electrons. The Kier molecular flexibility index (Phi) is 5.25. The highest BCUT2D eigenvalue weighted by atomic mass is 16.4. The Morgan fingerprint density at radius 2 is 2.00 bits per heavy atom. The van der Waals surface area contributed by atoms with Gasteiger partial charge in [-0.15, -0.1) is 0 Å². The molecule has 5 nitrogen and oxygen atoms in total. The number of carbonyl (C=O) groups is 2. The van der Waals surface area contributed by atoms with Crippen LogP contribution < -0.4 is 5.32 Å². The summed E-state index contributed by atoms with van der Waals surface area (Å²) in [5, 5.41) is 12.7. The average molecular weight is 296 g/mol. The molecule has 21 heavy (non-hydrogen) atoms. The highest BCUT2D eigenvalue weighted by Crippen LogP contribution is 2.32. The Morgan fingerprint density at radius 1 is 1.29 bits per heavy atom. The third-order valence-electron chi connectivity index (χ3n) is 5.40. The molecule has 3 unspecified atom stereocenters. The second-order valence-corrected chi connectivity index (χ2v) is 6.65. The summed E-state index contributed by atoms with van der Waals surface area (Å²) in [4.78, 5) is 25.8. The number of nitrogens with zero attached hydrogens (tertiary/aromatic N) is 1. The predicted octanol–water partition coefficient (Wildman–Crippen LogP) is 2.01. The predicted molar refractivity (Wildman–Crippen MR) is 81.0 cm³/mol. The summed E-state index contributed by atoms with van der Waals surface area (Å²) in [5.74, 6) is -0.284. The molecule has 0 aromatic rings. The molecule has 1 aliphatic heterocycles. The SMILES string of the molecule is CCC1(C(=O)O)CCCN1CC(=O)NC1CCCCC1C. The molecular formula is C16H28N2O3. The third kappa shape index (κ3) is 3.39. The van der Waals surface area contributed by atoms with E-state index in [1.165, 1.54) is 19.3 Å². The molecule has 1 saturated carbocycles. The summed E-state index contributed by atoms with van der Waals surface area (Å²) >= 11 is 0. The van der Waals surface area contributed by atoms with Crippen molar-refractivity contribution >= 4 is 11.9 Å². The fourth-order valence-electron chi connectivity index (χ4n) is 3.92. The average Bonchev–Trinajstić information content (AvgIpc) is 2.85. The molecule has 2 N–H and O–H groups in total. The maximum absolute atomic E-state index is 12.3. The van der Waals surface area contributed by atoms with Gasteiger partial charge < -0.3 is 10.4 Å². The first kappa shape index (κ1) is 16.3. The first-order chi connectivity index (χ1) is 9.99. The van der Waals surface area contributed by atoms with Crippen LogP contribution in [0.2, 0.25) is 0 Å². The number of carboxylic acid groups (broad SMARTS) is 1. The Bertz CT molecular complexity index is 399.